The third-order valence-electron chi connectivity index (χ3n) is 2.19. The lowest BCUT2D eigenvalue weighted by Gasteiger charge is -2.39. The molecule has 0 aliphatic heterocycles. The smallest absolute Gasteiger partial charge is 0.200 e. The average molecular weight is 238 g/mol. The number of quaternary nitrogens is 1. The quantitative estimate of drug-likeness (QED) is 0.404. The molecular weight excluding hydrogens is 219 g/mol. The Morgan fingerprint density at radius 2 is 1.86 bits per heavy atom. The van der Waals surface area contributed by atoms with Gasteiger partial charge in [-0.2, -0.15) is 14.5 Å². The Morgan fingerprint density at radius 3 is 2.14 bits per heavy atom. The minimum atomic E-state index is 0.169. The van der Waals surface area contributed by atoms with Gasteiger partial charge in [0.15, 0.2) is 0 Å². The predicted molar refractivity (Wildman–Crippen MR) is 60.9 cm³/mol. The van der Waals surface area contributed by atoms with E-state index in [1.54, 1.807) is 0 Å². The highest BCUT2D eigenvalue weighted by atomic mass is 35.7. The van der Waals surface area contributed by atoms with Gasteiger partial charge in [-0.15, -0.1) is 0 Å². The standard InChI is InChI=1S/C9H19ClN2OP/c1-8(2)12(14-10,9(3)4)13-7-5-6-11/h8-9,14H,5,7H2,1-4H3/q+1. The fourth-order valence-electron chi connectivity index (χ4n) is 1.36. The molecule has 0 heterocycles. The molecule has 0 aliphatic carbocycles. The fraction of sp³-hybridized carbons (Fsp3) is 0.889. The van der Waals surface area contributed by atoms with Gasteiger partial charge in [0.2, 0.25) is 8.08 Å². The monoisotopic (exact) mass is 237 g/mol. The maximum Gasteiger partial charge on any atom is 0.223 e. The first-order chi connectivity index (χ1) is 6.51. The minimum Gasteiger partial charge on any atom is -0.200 e. The van der Waals surface area contributed by atoms with Crippen molar-refractivity contribution >= 4 is 19.3 Å². The minimum absolute atomic E-state index is 0.169. The van der Waals surface area contributed by atoms with Crippen molar-refractivity contribution in [3.63, 3.8) is 0 Å². The number of nitrogens with zero attached hydrogens (tertiary/aromatic N) is 2. The molecule has 1 unspecified atom stereocenters. The van der Waals surface area contributed by atoms with E-state index in [2.05, 4.69) is 33.8 Å². The van der Waals surface area contributed by atoms with E-state index in [-0.39, 0.29) is 8.08 Å². The first kappa shape index (κ1) is 14.1. The summed E-state index contributed by atoms with van der Waals surface area (Å²) in [6.45, 7) is 8.79. The van der Waals surface area contributed by atoms with Gasteiger partial charge >= 0.3 is 0 Å². The van der Waals surface area contributed by atoms with Crippen molar-refractivity contribution in [2.45, 2.75) is 46.2 Å². The Bertz CT molecular complexity index is 195. The number of rotatable bonds is 6. The van der Waals surface area contributed by atoms with Crippen LogP contribution in [0, 0.1) is 11.3 Å². The molecular formula is C9H19ClN2OP+. The van der Waals surface area contributed by atoms with Crippen LogP contribution in [0.15, 0.2) is 0 Å². The van der Waals surface area contributed by atoms with Gasteiger partial charge in [-0.25, -0.2) is 0 Å². The second-order valence-corrected chi connectivity index (χ2v) is 5.10. The molecule has 0 spiro atoms. The normalized spacial score (nSPS) is 13.0. The van der Waals surface area contributed by atoms with Crippen LogP contribution in [0.2, 0.25) is 0 Å². The molecule has 14 heavy (non-hydrogen) atoms. The van der Waals surface area contributed by atoms with Gasteiger partial charge in [0.1, 0.15) is 18.7 Å². The van der Waals surface area contributed by atoms with Crippen LogP contribution in [0.4, 0.5) is 0 Å². The van der Waals surface area contributed by atoms with Crippen LogP contribution in [-0.2, 0) is 4.84 Å². The topological polar surface area (TPSA) is 33.0 Å². The largest absolute Gasteiger partial charge is 0.223 e. The van der Waals surface area contributed by atoms with E-state index in [0.29, 0.717) is 29.5 Å². The molecule has 0 aromatic heterocycles. The van der Waals surface area contributed by atoms with Gasteiger partial charge in [-0.1, -0.05) is 0 Å². The van der Waals surface area contributed by atoms with E-state index in [9.17, 15) is 0 Å². The molecule has 0 rings (SSSR count). The number of halogens is 1. The summed E-state index contributed by atoms with van der Waals surface area (Å²) in [6.07, 6.45) is 0.417. The van der Waals surface area contributed by atoms with Gasteiger partial charge in [0.25, 0.3) is 0 Å². The SMILES string of the molecule is CC(C)[N+](OCCC#N)(PCl)C(C)C. The molecule has 5 heteroatoms. The Hall–Kier alpha value is 0.130. The second-order valence-electron chi connectivity index (χ2n) is 3.72. The van der Waals surface area contributed by atoms with Crippen molar-refractivity contribution in [2.24, 2.45) is 0 Å². The van der Waals surface area contributed by atoms with E-state index in [1.165, 1.54) is 0 Å². The van der Waals surface area contributed by atoms with Gasteiger partial charge in [-0.05, 0) is 38.9 Å². The van der Waals surface area contributed by atoms with Crippen molar-refractivity contribution in [3.05, 3.63) is 0 Å². The molecule has 0 aliphatic rings. The summed E-state index contributed by atoms with van der Waals surface area (Å²) in [4.78, 5) is 5.74. The molecule has 1 atom stereocenters. The first-order valence-electron chi connectivity index (χ1n) is 4.79. The maximum absolute atomic E-state index is 8.45. The van der Waals surface area contributed by atoms with Crippen LogP contribution in [0.25, 0.3) is 0 Å². The molecule has 0 saturated carbocycles. The molecule has 0 N–H and O–H groups in total. The van der Waals surface area contributed by atoms with Gasteiger partial charge in [-0.3, -0.25) is 0 Å². The lowest BCUT2D eigenvalue weighted by Crippen LogP contribution is -2.50. The zero-order chi connectivity index (χ0) is 11.2. The zero-order valence-corrected chi connectivity index (χ0v) is 11.0. The highest BCUT2D eigenvalue weighted by molar-refractivity contribution is 7.63. The van der Waals surface area contributed by atoms with Crippen LogP contribution >= 0.6 is 19.3 Å². The molecule has 0 aromatic rings. The van der Waals surface area contributed by atoms with Crippen molar-refractivity contribution in [1.82, 2.24) is 0 Å². The van der Waals surface area contributed by atoms with Crippen LogP contribution < -0.4 is 0 Å². The number of hydroxylamine groups is 2. The second kappa shape index (κ2) is 6.58. The predicted octanol–water partition coefficient (Wildman–Crippen LogP) is 3.21. The summed E-state index contributed by atoms with van der Waals surface area (Å²) in [5, 5.41) is 8.45. The lowest BCUT2D eigenvalue weighted by atomic mass is 10.3. The van der Waals surface area contributed by atoms with E-state index in [4.69, 9.17) is 21.3 Å². The Balaban J connectivity index is 4.44. The van der Waals surface area contributed by atoms with Crippen LogP contribution in [0.5, 0.6) is 0 Å². The molecule has 0 radical (unpaired) electrons. The summed E-state index contributed by atoms with van der Waals surface area (Å²) in [7, 11) is 0.169. The Kier molecular flexibility index (Phi) is 6.64. The molecule has 0 saturated heterocycles. The number of nitriles is 1. The number of hydrogen-bond donors (Lipinski definition) is 0. The van der Waals surface area contributed by atoms with Gasteiger partial charge in [0.05, 0.1) is 12.5 Å². The van der Waals surface area contributed by atoms with Crippen LogP contribution in [-0.4, -0.2) is 23.1 Å². The Labute approximate surface area is 93.2 Å². The van der Waals surface area contributed by atoms with Gasteiger partial charge in [0, 0.05) is 0 Å². The van der Waals surface area contributed by atoms with E-state index in [1.807, 2.05) is 0 Å². The fourth-order valence-corrected chi connectivity index (χ4v) is 3.20. The van der Waals surface area contributed by atoms with E-state index in [0.717, 1.165) is 0 Å². The molecule has 3 nitrogen and oxygen atoms in total. The molecule has 0 aromatic carbocycles. The van der Waals surface area contributed by atoms with Crippen molar-refractivity contribution in [1.29, 1.82) is 5.26 Å². The summed E-state index contributed by atoms with van der Waals surface area (Å²) >= 11 is 5.99. The number of hydrogen-bond acceptors (Lipinski definition) is 2. The summed E-state index contributed by atoms with van der Waals surface area (Å²) in [5.41, 5.74) is 0. The summed E-state index contributed by atoms with van der Waals surface area (Å²) in [5.74, 6) is 0. The molecule has 82 valence electrons. The first-order valence-corrected chi connectivity index (χ1v) is 6.75. The summed E-state index contributed by atoms with van der Waals surface area (Å²) < 4.78 is 0.434. The Morgan fingerprint density at radius 1 is 1.36 bits per heavy atom. The lowest BCUT2D eigenvalue weighted by molar-refractivity contribution is -1.04. The van der Waals surface area contributed by atoms with Crippen LogP contribution in [0.1, 0.15) is 34.1 Å². The highest BCUT2D eigenvalue weighted by Crippen LogP contribution is 2.40. The maximum atomic E-state index is 8.45. The third-order valence-corrected chi connectivity index (χ3v) is 4.40. The van der Waals surface area contributed by atoms with E-state index < -0.39 is 0 Å². The third kappa shape index (κ3) is 3.37. The molecule has 0 bridgehead atoms. The molecule has 0 amide bonds. The van der Waals surface area contributed by atoms with Crippen molar-refractivity contribution < 1.29 is 9.25 Å². The van der Waals surface area contributed by atoms with Crippen molar-refractivity contribution in [2.75, 3.05) is 6.61 Å². The average Bonchev–Trinajstić information content (AvgIpc) is 2.11. The zero-order valence-electron chi connectivity index (χ0n) is 9.25. The highest BCUT2D eigenvalue weighted by Gasteiger charge is 2.37. The van der Waals surface area contributed by atoms with E-state index >= 15 is 0 Å². The van der Waals surface area contributed by atoms with Crippen molar-refractivity contribution in [3.8, 4) is 6.07 Å². The summed E-state index contributed by atoms with van der Waals surface area (Å²) in [6, 6.07) is 2.69. The van der Waals surface area contributed by atoms with Gasteiger partial charge < -0.3 is 0 Å². The molecule has 0 fully saturated rings. The van der Waals surface area contributed by atoms with Crippen LogP contribution in [0.3, 0.4) is 0 Å².